The fraction of sp³-hybridized carbons (Fsp3) is 0.250. The van der Waals surface area contributed by atoms with Crippen molar-refractivity contribution in [1.29, 1.82) is 0 Å². The van der Waals surface area contributed by atoms with Gasteiger partial charge in [-0.05, 0) is 74.5 Å². The number of carbonyl (C=O) groups is 3. The molecular formula is C40H44NO6P. The normalized spacial score (nSPS) is 11.3. The van der Waals surface area contributed by atoms with E-state index in [1.807, 2.05) is 97.9 Å². The summed E-state index contributed by atoms with van der Waals surface area (Å²) in [4.78, 5) is 44.2. The highest BCUT2D eigenvalue weighted by molar-refractivity contribution is 7.96. The van der Waals surface area contributed by atoms with Gasteiger partial charge in [-0.1, -0.05) is 116 Å². The van der Waals surface area contributed by atoms with Gasteiger partial charge in [-0.2, -0.15) is 0 Å². The monoisotopic (exact) mass is 665 g/mol. The average molecular weight is 666 g/mol. The molecule has 0 atom stereocenters. The van der Waals surface area contributed by atoms with Crippen LogP contribution in [-0.2, 0) is 30.2 Å². The van der Waals surface area contributed by atoms with Crippen molar-refractivity contribution in [3.63, 3.8) is 0 Å². The zero-order chi connectivity index (χ0) is 34.7. The molecule has 1 heterocycles. The minimum absolute atomic E-state index is 0.000934. The summed E-state index contributed by atoms with van der Waals surface area (Å²) < 4.78 is 16.9. The van der Waals surface area contributed by atoms with Gasteiger partial charge in [0, 0.05) is 6.42 Å². The molecular weight excluding hydrogens is 621 g/mol. The van der Waals surface area contributed by atoms with E-state index in [-0.39, 0.29) is 31.3 Å². The van der Waals surface area contributed by atoms with Crippen molar-refractivity contribution in [2.75, 3.05) is 13.2 Å². The number of nitrogens with one attached hydrogen (secondary N) is 1. The maximum Gasteiger partial charge on any atom is 0.355 e. The molecule has 250 valence electrons. The van der Waals surface area contributed by atoms with Crippen molar-refractivity contribution in [2.24, 2.45) is 0 Å². The van der Waals surface area contributed by atoms with Crippen LogP contribution in [0.3, 0.4) is 0 Å². The number of esters is 3. The Balaban J connectivity index is 2.14. The highest BCUT2D eigenvalue weighted by atomic mass is 31.2. The van der Waals surface area contributed by atoms with Gasteiger partial charge in [-0.25, -0.2) is 9.59 Å². The molecule has 0 amide bonds. The Morgan fingerprint density at radius 3 is 1.69 bits per heavy atom. The Labute approximate surface area is 283 Å². The Morgan fingerprint density at radius 2 is 1.23 bits per heavy atom. The second kappa shape index (κ2) is 16.3. The highest BCUT2D eigenvalue weighted by Gasteiger charge is 2.38. The van der Waals surface area contributed by atoms with Crippen LogP contribution >= 0.6 is 6.89 Å². The molecule has 4 rings (SSSR count). The first kappa shape index (κ1) is 36.0. The van der Waals surface area contributed by atoms with E-state index in [1.165, 1.54) is 12.2 Å². The zero-order valence-corrected chi connectivity index (χ0v) is 29.1. The maximum atomic E-state index is 14.7. The summed E-state index contributed by atoms with van der Waals surface area (Å²) in [5.74, 6) is -1.44. The number of aromatic nitrogens is 1. The molecule has 1 aromatic heterocycles. The molecule has 0 aliphatic rings. The van der Waals surface area contributed by atoms with Crippen LogP contribution in [0.25, 0.3) is 0 Å². The molecule has 7 nitrogen and oxygen atoms in total. The minimum atomic E-state index is -3.00. The Morgan fingerprint density at radius 1 is 0.750 bits per heavy atom. The second-order valence-corrected chi connectivity index (χ2v) is 15.6. The van der Waals surface area contributed by atoms with Crippen molar-refractivity contribution in [1.82, 2.24) is 4.98 Å². The molecule has 48 heavy (non-hydrogen) atoms. The van der Waals surface area contributed by atoms with E-state index in [1.54, 1.807) is 20.8 Å². The van der Waals surface area contributed by atoms with Crippen molar-refractivity contribution in [3.8, 4) is 0 Å². The maximum absolute atomic E-state index is 14.7. The Hall–Kier alpha value is -4.87. The zero-order valence-electron chi connectivity index (χ0n) is 28.2. The van der Waals surface area contributed by atoms with Gasteiger partial charge in [0.25, 0.3) is 0 Å². The smallest absolute Gasteiger partial charge is 0.355 e. The fourth-order valence-corrected chi connectivity index (χ4v) is 10.1. The number of benzene rings is 3. The molecule has 0 bridgehead atoms. The molecule has 1 N–H and O–H groups in total. The topological polar surface area (TPSA) is 94.7 Å². The SMILES string of the molecule is C=CCOC(=O)CCCc1c(C(=O)OC(C)(C)C)[nH]c(C(C(=O)OCC=C)=P(c2ccccc2)(c2ccccc2)c2ccccc2)c1C. The number of ether oxygens (including phenoxy) is 3. The second-order valence-electron chi connectivity index (χ2n) is 12.2. The van der Waals surface area contributed by atoms with Gasteiger partial charge < -0.3 is 19.2 Å². The number of rotatable bonds is 14. The fourth-order valence-electron chi connectivity index (χ4n) is 5.72. The number of carbonyl (C=O) groups excluding carboxylic acids is 3. The summed E-state index contributed by atoms with van der Waals surface area (Å²) >= 11 is 0. The molecule has 0 aliphatic carbocycles. The first-order valence-electron chi connectivity index (χ1n) is 16.0. The van der Waals surface area contributed by atoms with Crippen LogP contribution in [0.4, 0.5) is 0 Å². The van der Waals surface area contributed by atoms with E-state index in [0.717, 1.165) is 15.9 Å². The predicted octanol–water partition coefficient (Wildman–Crippen LogP) is 6.57. The largest absolute Gasteiger partial charge is 0.461 e. The van der Waals surface area contributed by atoms with Gasteiger partial charge >= 0.3 is 17.9 Å². The van der Waals surface area contributed by atoms with Crippen LogP contribution in [0, 0.1) is 6.92 Å². The minimum Gasteiger partial charge on any atom is -0.461 e. The van der Waals surface area contributed by atoms with Crippen LogP contribution in [0.2, 0.25) is 0 Å². The third-order valence-corrected chi connectivity index (χ3v) is 12.0. The van der Waals surface area contributed by atoms with Crippen molar-refractivity contribution in [2.45, 2.75) is 52.6 Å². The third-order valence-electron chi connectivity index (χ3n) is 7.68. The van der Waals surface area contributed by atoms with Crippen LogP contribution in [0.15, 0.2) is 116 Å². The lowest BCUT2D eigenvalue weighted by Crippen LogP contribution is -2.35. The number of aromatic amines is 1. The molecule has 0 unspecified atom stereocenters. The molecule has 0 radical (unpaired) electrons. The summed E-state index contributed by atoms with van der Waals surface area (Å²) in [5, 5.41) is 3.22. The first-order valence-corrected chi connectivity index (χ1v) is 17.8. The molecule has 4 aromatic rings. The van der Waals surface area contributed by atoms with Crippen LogP contribution in [-0.4, -0.2) is 47.0 Å². The summed E-state index contributed by atoms with van der Waals surface area (Å²) in [5.41, 5.74) is 1.31. The van der Waals surface area contributed by atoms with E-state index in [0.29, 0.717) is 35.0 Å². The average Bonchev–Trinajstić information content (AvgIpc) is 3.40. The van der Waals surface area contributed by atoms with Gasteiger partial charge in [-0.15, -0.1) is 0 Å². The van der Waals surface area contributed by atoms with Crippen LogP contribution in [0.1, 0.15) is 60.9 Å². The first-order chi connectivity index (χ1) is 23.0. The van der Waals surface area contributed by atoms with E-state index in [4.69, 9.17) is 14.2 Å². The van der Waals surface area contributed by atoms with Crippen LogP contribution < -0.4 is 15.9 Å². The van der Waals surface area contributed by atoms with Gasteiger partial charge in [0.05, 0.1) is 11.0 Å². The highest BCUT2D eigenvalue weighted by Crippen LogP contribution is 2.48. The van der Waals surface area contributed by atoms with Gasteiger partial charge in [-0.3, -0.25) is 4.79 Å². The lowest BCUT2D eigenvalue weighted by Gasteiger charge is -2.32. The van der Waals surface area contributed by atoms with Crippen molar-refractivity contribution >= 4 is 46.0 Å². The standard InChI is InChI=1S/C40H44NO6P/c1-7-27-45-34(42)26-18-25-33-29(3)35(41-36(33)38(43)47-40(4,5)6)37(39(44)46-28-8-2)48(30-19-12-9-13-20-30,31-21-14-10-15-22-31)32-23-16-11-17-24-32/h7-17,19-24,41H,1-2,18,25-28H2,3-6H3. The summed E-state index contributed by atoms with van der Waals surface area (Å²) in [7, 11) is 0. The third kappa shape index (κ3) is 8.15. The number of hydrogen-bond acceptors (Lipinski definition) is 6. The summed E-state index contributed by atoms with van der Waals surface area (Å²) in [6.45, 7) is 11.8. The Bertz CT molecular complexity index is 1700. The van der Waals surface area contributed by atoms with E-state index >= 15 is 0 Å². The summed E-state index contributed by atoms with van der Waals surface area (Å²) in [6, 6.07) is 29.9. The summed E-state index contributed by atoms with van der Waals surface area (Å²) in [6.07, 6.45) is 3.98. The molecule has 0 saturated carbocycles. The van der Waals surface area contributed by atoms with Crippen LogP contribution in [0.5, 0.6) is 0 Å². The lowest BCUT2D eigenvalue weighted by atomic mass is 10.0. The molecule has 8 heteroatoms. The predicted molar refractivity (Wildman–Crippen MR) is 195 cm³/mol. The number of hydrogen-bond donors (Lipinski definition) is 1. The Kier molecular flexibility index (Phi) is 12.2. The molecule has 3 aromatic carbocycles. The van der Waals surface area contributed by atoms with Crippen molar-refractivity contribution < 1.29 is 28.6 Å². The molecule has 0 fully saturated rings. The van der Waals surface area contributed by atoms with Crippen molar-refractivity contribution in [3.05, 3.63) is 139 Å². The van der Waals surface area contributed by atoms with Gasteiger partial charge in [0.2, 0.25) is 0 Å². The molecule has 0 spiro atoms. The quantitative estimate of drug-likeness (QED) is 0.0709. The van der Waals surface area contributed by atoms with E-state index in [2.05, 4.69) is 18.1 Å². The molecule has 0 aliphatic heterocycles. The number of H-pyrrole nitrogens is 1. The lowest BCUT2D eigenvalue weighted by molar-refractivity contribution is -0.142. The molecule has 0 saturated heterocycles. The van der Waals surface area contributed by atoms with E-state index in [9.17, 15) is 14.4 Å². The van der Waals surface area contributed by atoms with Gasteiger partial charge in [0.15, 0.2) is 0 Å². The van der Waals surface area contributed by atoms with Gasteiger partial charge in [0.1, 0.15) is 24.5 Å². The van der Waals surface area contributed by atoms with E-state index < -0.39 is 24.4 Å².